The van der Waals surface area contributed by atoms with Crippen molar-refractivity contribution in [3.8, 4) is 0 Å². The van der Waals surface area contributed by atoms with Crippen molar-refractivity contribution in [3.63, 3.8) is 0 Å². The molecule has 2 fully saturated rings. The number of ether oxygens (including phenoxy) is 1. The molecular formula is C21H23ClN2O3S. The number of halogens is 1. The van der Waals surface area contributed by atoms with Gasteiger partial charge in [-0.1, -0.05) is 17.7 Å². The molecule has 2 atom stereocenters. The number of nitrogens with zero attached hydrogens (tertiary/aromatic N) is 1. The molecule has 2 saturated heterocycles. The van der Waals surface area contributed by atoms with E-state index >= 15 is 0 Å². The SMILES string of the molecule is Cc1cc(NC(=O)c2cc(N3CCC[S+]3[O-])ccc2Cl)cc(C2CCOC2)c1. The Kier molecular flexibility index (Phi) is 5.83. The molecule has 1 amide bonds. The van der Waals surface area contributed by atoms with Crippen molar-refractivity contribution in [1.82, 2.24) is 0 Å². The highest BCUT2D eigenvalue weighted by Crippen LogP contribution is 2.31. The summed E-state index contributed by atoms with van der Waals surface area (Å²) in [6.07, 6.45) is 1.88. The molecule has 4 rings (SSSR count). The number of hydrogen-bond acceptors (Lipinski definition) is 4. The third kappa shape index (κ3) is 4.15. The van der Waals surface area contributed by atoms with Crippen LogP contribution >= 0.6 is 11.6 Å². The summed E-state index contributed by atoms with van der Waals surface area (Å²) >= 11 is 5.26. The van der Waals surface area contributed by atoms with Gasteiger partial charge in [-0.2, -0.15) is 4.31 Å². The van der Waals surface area contributed by atoms with Gasteiger partial charge in [0.2, 0.25) is 0 Å². The van der Waals surface area contributed by atoms with Crippen molar-refractivity contribution < 1.29 is 14.1 Å². The highest BCUT2D eigenvalue weighted by molar-refractivity contribution is 7.93. The predicted molar refractivity (Wildman–Crippen MR) is 114 cm³/mol. The number of carbonyl (C=O) groups is 1. The molecule has 0 radical (unpaired) electrons. The fraction of sp³-hybridized carbons (Fsp3) is 0.381. The number of carbonyl (C=O) groups excluding carboxylic acids is 1. The molecule has 7 heteroatoms. The van der Waals surface area contributed by atoms with Crippen molar-refractivity contribution >= 4 is 40.2 Å². The van der Waals surface area contributed by atoms with Crippen LogP contribution in [0.1, 0.15) is 40.2 Å². The predicted octanol–water partition coefficient (Wildman–Crippen LogP) is 4.28. The average molecular weight is 419 g/mol. The van der Waals surface area contributed by atoms with Crippen molar-refractivity contribution in [1.29, 1.82) is 0 Å². The molecule has 0 aliphatic carbocycles. The smallest absolute Gasteiger partial charge is 0.257 e. The molecular weight excluding hydrogens is 396 g/mol. The van der Waals surface area contributed by atoms with E-state index in [1.807, 2.05) is 29.4 Å². The fourth-order valence-corrected chi connectivity index (χ4v) is 5.23. The molecule has 2 aliphatic heterocycles. The van der Waals surface area contributed by atoms with E-state index < -0.39 is 11.4 Å². The van der Waals surface area contributed by atoms with Gasteiger partial charge in [-0.25, -0.2) is 0 Å². The second-order valence-electron chi connectivity index (χ2n) is 7.29. The standard InChI is InChI=1S/C21H23ClN2O3S/c1-14-9-16(15-5-7-27-13-15)11-17(10-14)23-21(25)19-12-18(3-4-20(19)22)24-6-2-8-28(24)26/h3-4,9-12,15H,2,5-8,13H2,1H3,(H,23,25). The topological polar surface area (TPSA) is 64.6 Å². The van der Waals surface area contributed by atoms with Crippen LogP contribution in [-0.2, 0) is 16.1 Å². The maximum Gasteiger partial charge on any atom is 0.257 e. The second kappa shape index (κ2) is 8.33. The van der Waals surface area contributed by atoms with Crippen LogP contribution in [0.4, 0.5) is 11.4 Å². The lowest BCUT2D eigenvalue weighted by atomic mass is 9.96. The lowest BCUT2D eigenvalue weighted by molar-refractivity contribution is 0.102. The van der Waals surface area contributed by atoms with Crippen LogP contribution in [0.3, 0.4) is 0 Å². The van der Waals surface area contributed by atoms with Crippen molar-refractivity contribution in [2.24, 2.45) is 0 Å². The van der Waals surface area contributed by atoms with Gasteiger partial charge < -0.3 is 14.6 Å². The van der Waals surface area contributed by atoms with E-state index in [2.05, 4.69) is 11.4 Å². The summed E-state index contributed by atoms with van der Waals surface area (Å²) in [6, 6.07) is 11.3. The van der Waals surface area contributed by atoms with Crippen LogP contribution in [0.2, 0.25) is 5.02 Å². The molecule has 0 saturated carbocycles. The lowest BCUT2D eigenvalue weighted by Gasteiger charge is -2.19. The number of nitrogens with one attached hydrogen (secondary N) is 1. The minimum absolute atomic E-state index is 0.268. The summed E-state index contributed by atoms with van der Waals surface area (Å²) < 4.78 is 19.4. The number of benzene rings is 2. The highest BCUT2D eigenvalue weighted by Gasteiger charge is 2.28. The Hall–Kier alpha value is -1.73. The maximum atomic E-state index is 12.9. The summed E-state index contributed by atoms with van der Waals surface area (Å²) in [5.41, 5.74) is 4.17. The first-order valence-corrected chi connectivity index (χ1v) is 11.1. The summed E-state index contributed by atoms with van der Waals surface area (Å²) in [7, 11) is 0. The van der Waals surface area contributed by atoms with Crippen molar-refractivity contribution in [3.05, 3.63) is 58.1 Å². The quantitative estimate of drug-likeness (QED) is 0.752. The van der Waals surface area contributed by atoms with Crippen molar-refractivity contribution in [2.45, 2.75) is 25.7 Å². The molecule has 148 valence electrons. The normalized spacial score (nSPS) is 21.9. The van der Waals surface area contributed by atoms with Gasteiger partial charge in [0, 0.05) is 24.6 Å². The Morgan fingerprint density at radius 3 is 2.89 bits per heavy atom. The van der Waals surface area contributed by atoms with E-state index in [9.17, 15) is 9.35 Å². The Morgan fingerprint density at radius 1 is 1.32 bits per heavy atom. The van der Waals surface area contributed by atoms with Crippen molar-refractivity contribution in [2.75, 3.05) is 35.1 Å². The zero-order chi connectivity index (χ0) is 19.7. The molecule has 28 heavy (non-hydrogen) atoms. The van der Waals surface area contributed by atoms with Gasteiger partial charge in [0.05, 0.1) is 40.8 Å². The number of amides is 1. The molecule has 0 aromatic heterocycles. The van der Waals surface area contributed by atoms with E-state index in [0.29, 0.717) is 22.3 Å². The minimum atomic E-state index is -1.04. The van der Waals surface area contributed by atoms with E-state index in [0.717, 1.165) is 49.5 Å². The molecule has 2 unspecified atom stereocenters. The molecule has 5 nitrogen and oxygen atoms in total. The molecule has 0 bridgehead atoms. The first kappa shape index (κ1) is 19.6. The molecule has 2 heterocycles. The number of aryl methyl sites for hydroxylation is 1. The second-order valence-corrected chi connectivity index (χ2v) is 9.19. The van der Waals surface area contributed by atoms with E-state index in [1.54, 1.807) is 12.1 Å². The Bertz CT molecular complexity index is 886. The third-order valence-electron chi connectivity index (χ3n) is 5.17. The largest absolute Gasteiger partial charge is 0.593 e. The zero-order valence-corrected chi connectivity index (χ0v) is 17.3. The van der Waals surface area contributed by atoms with Crippen LogP contribution in [0, 0.1) is 6.92 Å². The van der Waals surface area contributed by atoms with E-state index in [4.69, 9.17) is 16.3 Å². The van der Waals surface area contributed by atoms with Crippen LogP contribution in [0.5, 0.6) is 0 Å². The number of hydrogen-bond donors (Lipinski definition) is 1. The average Bonchev–Trinajstić information content (AvgIpc) is 3.33. The molecule has 1 N–H and O–H groups in total. The molecule has 2 aromatic carbocycles. The summed E-state index contributed by atoms with van der Waals surface area (Å²) in [6.45, 7) is 4.24. The maximum absolute atomic E-state index is 12.9. The number of rotatable bonds is 4. The van der Waals surface area contributed by atoms with Gasteiger partial charge in [-0.15, -0.1) is 0 Å². The Labute approximate surface area is 173 Å². The van der Waals surface area contributed by atoms with E-state index in [1.165, 1.54) is 5.56 Å². The molecule has 0 spiro atoms. The van der Waals surface area contributed by atoms with Crippen LogP contribution in [-0.4, -0.2) is 36.0 Å². The van der Waals surface area contributed by atoms with Gasteiger partial charge in [0.25, 0.3) is 5.91 Å². The first-order valence-electron chi connectivity index (χ1n) is 9.47. The third-order valence-corrected chi connectivity index (χ3v) is 7.02. The fourth-order valence-electron chi connectivity index (χ4n) is 3.75. The van der Waals surface area contributed by atoms with Gasteiger partial charge in [0.15, 0.2) is 0 Å². The van der Waals surface area contributed by atoms with Crippen LogP contribution in [0.25, 0.3) is 0 Å². The van der Waals surface area contributed by atoms with Crippen LogP contribution in [0.15, 0.2) is 36.4 Å². The van der Waals surface area contributed by atoms with Gasteiger partial charge in [-0.05, 0) is 54.8 Å². The first-order chi connectivity index (χ1) is 13.5. The highest BCUT2D eigenvalue weighted by atomic mass is 35.5. The molecule has 2 aliphatic rings. The lowest BCUT2D eigenvalue weighted by Crippen LogP contribution is -2.25. The van der Waals surface area contributed by atoms with Gasteiger partial charge >= 0.3 is 0 Å². The zero-order valence-electron chi connectivity index (χ0n) is 15.7. The summed E-state index contributed by atoms with van der Waals surface area (Å²) in [5.74, 6) is 0.754. The molecule has 2 aromatic rings. The summed E-state index contributed by atoms with van der Waals surface area (Å²) in [5, 5.41) is 3.35. The number of anilines is 2. The Balaban J connectivity index is 1.57. The Morgan fingerprint density at radius 2 is 2.18 bits per heavy atom. The minimum Gasteiger partial charge on any atom is -0.593 e. The van der Waals surface area contributed by atoms with Gasteiger partial charge in [-0.3, -0.25) is 4.79 Å². The van der Waals surface area contributed by atoms with Gasteiger partial charge in [0.1, 0.15) is 5.75 Å². The van der Waals surface area contributed by atoms with Crippen LogP contribution < -0.4 is 9.62 Å². The summed E-state index contributed by atoms with van der Waals surface area (Å²) in [4.78, 5) is 12.9. The van der Waals surface area contributed by atoms with E-state index in [-0.39, 0.29) is 5.91 Å². The monoisotopic (exact) mass is 418 g/mol.